The molecule has 0 aliphatic carbocycles. The molecule has 4 nitrogen and oxygen atoms in total. The molecule has 0 radical (unpaired) electrons. The van der Waals surface area contributed by atoms with Gasteiger partial charge in [0, 0.05) is 15.1 Å². The van der Waals surface area contributed by atoms with Crippen LogP contribution in [-0.4, -0.2) is 21.0 Å². The molecule has 1 rings (SSSR count). The van der Waals surface area contributed by atoms with E-state index in [1.807, 2.05) is 13.8 Å². The van der Waals surface area contributed by atoms with Crippen LogP contribution in [0.15, 0.2) is 27.6 Å². The highest BCUT2D eigenvalue weighted by atomic mass is 79.9. The van der Waals surface area contributed by atoms with E-state index < -0.39 is 22.2 Å². The van der Waals surface area contributed by atoms with E-state index in [0.717, 1.165) is 0 Å². The first kappa shape index (κ1) is 16.9. The summed E-state index contributed by atoms with van der Waals surface area (Å²) in [7, 11) is -1.25. The Balaban J connectivity index is 2.72. The second-order valence-corrected chi connectivity index (χ2v) is 7.52. The van der Waals surface area contributed by atoms with Crippen molar-refractivity contribution < 1.29 is 14.1 Å². The Bertz CT molecular complexity index is 578. The van der Waals surface area contributed by atoms with E-state index in [0.29, 0.717) is 28.0 Å². The Kier molecular flexibility index (Phi) is 5.90. The maximum Gasteiger partial charge on any atom is 0.336 e. The lowest BCUT2D eigenvalue weighted by molar-refractivity contribution is 0.0695. The van der Waals surface area contributed by atoms with E-state index in [2.05, 4.69) is 22.0 Å². The monoisotopic (exact) mass is 357 g/mol. The van der Waals surface area contributed by atoms with Crippen LogP contribution in [0.4, 0.5) is 0 Å². The fraction of sp³-hybridized carbons (Fsp3) is 0.429. The largest absolute Gasteiger partial charge is 0.478 e. The van der Waals surface area contributed by atoms with E-state index in [-0.39, 0.29) is 5.56 Å². The van der Waals surface area contributed by atoms with Crippen LogP contribution in [0, 0.1) is 16.7 Å². The zero-order valence-corrected chi connectivity index (χ0v) is 13.8. The second kappa shape index (κ2) is 7.00. The number of benzene rings is 1. The molecule has 20 heavy (non-hydrogen) atoms. The molecule has 0 spiro atoms. The standard InChI is InChI=1S/C14H16BrNO3S/c1-14(2,9-16)6-3-7-20(19)10-4-5-12(15)11(8-10)13(17)18/h4-5,8H,3,6-7H2,1-2H3,(H,17,18). The third kappa shape index (κ3) is 4.73. The van der Waals surface area contributed by atoms with Crippen LogP contribution in [0.1, 0.15) is 37.0 Å². The van der Waals surface area contributed by atoms with Crippen LogP contribution in [0.3, 0.4) is 0 Å². The number of nitriles is 1. The van der Waals surface area contributed by atoms with Gasteiger partial charge >= 0.3 is 5.97 Å². The van der Waals surface area contributed by atoms with Gasteiger partial charge in [0.05, 0.1) is 27.8 Å². The van der Waals surface area contributed by atoms with Crippen LogP contribution in [0.2, 0.25) is 0 Å². The van der Waals surface area contributed by atoms with Crippen molar-refractivity contribution in [3.63, 3.8) is 0 Å². The van der Waals surface area contributed by atoms with Crippen LogP contribution >= 0.6 is 15.9 Å². The smallest absolute Gasteiger partial charge is 0.336 e. The molecule has 1 aromatic carbocycles. The summed E-state index contributed by atoms with van der Waals surface area (Å²) in [5.41, 5.74) is -0.316. The zero-order valence-electron chi connectivity index (χ0n) is 11.4. The Labute approximate surface area is 129 Å². The quantitative estimate of drug-likeness (QED) is 0.843. The topological polar surface area (TPSA) is 78.2 Å². The molecule has 108 valence electrons. The summed E-state index contributed by atoms with van der Waals surface area (Å²) in [5, 5.41) is 17.9. The molecule has 0 aromatic heterocycles. The average Bonchev–Trinajstić information content (AvgIpc) is 2.38. The van der Waals surface area contributed by atoms with Gasteiger partial charge in [-0.15, -0.1) is 0 Å². The Hall–Kier alpha value is -1.19. The third-order valence-corrected chi connectivity index (χ3v) is 5.00. The molecule has 6 heteroatoms. The fourth-order valence-corrected chi connectivity index (χ4v) is 3.16. The van der Waals surface area contributed by atoms with Crippen molar-refractivity contribution in [3.05, 3.63) is 28.2 Å². The molecule has 0 saturated carbocycles. The maximum atomic E-state index is 12.1. The maximum absolute atomic E-state index is 12.1. The van der Waals surface area contributed by atoms with Crippen molar-refractivity contribution >= 4 is 32.7 Å². The van der Waals surface area contributed by atoms with Crippen molar-refractivity contribution in [2.24, 2.45) is 5.41 Å². The molecule has 0 fully saturated rings. The lowest BCUT2D eigenvalue weighted by atomic mass is 9.90. The summed E-state index contributed by atoms with van der Waals surface area (Å²) in [6.07, 6.45) is 1.32. The van der Waals surface area contributed by atoms with Crippen molar-refractivity contribution in [2.75, 3.05) is 5.75 Å². The predicted molar refractivity (Wildman–Crippen MR) is 81.0 cm³/mol. The van der Waals surface area contributed by atoms with Gasteiger partial charge < -0.3 is 5.11 Å². The van der Waals surface area contributed by atoms with Crippen molar-refractivity contribution in [3.8, 4) is 6.07 Å². The molecule has 0 amide bonds. The molecule has 0 aliphatic heterocycles. The number of hydrogen-bond acceptors (Lipinski definition) is 3. The van der Waals surface area contributed by atoms with Crippen LogP contribution < -0.4 is 0 Å². The van der Waals surface area contributed by atoms with Crippen molar-refractivity contribution in [1.29, 1.82) is 5.26 Å². The van der Waals surface area contributed by atoms with E-state index >= 15 is 0 Å². The summed E-state index contributed by atoms with van der Waals surface area (Å²) in [6.45, 7) is 3.69. The summed E-state index contributed by atoms with van der Waals surface area (Å²) < 4.78 is 12.6. The molecule has 1 N–H and O–H groups in total. The fourth-order valence-electron chi connectivity index (χ4n) is 1.63. The van der Waals surface area contributed by atoms with Gasteiger partial charge in [-0.2, -0.15) is 5.26 Å². The van der Waals surface area contributed by atoms with E-state index in [9.17, 15) is 9.00 Å². The molecule has 0 saturated heterocycles. The van der Waals surface area contributed by atoms with Gasteiger partial charge in [-0.1, -0.05) is 0 Å². The number of carboxylic acids is 1. The second-order valence-electron chi connectivity index (χ2n) is 5.10. The number of carbonyl (C=O) groups is 1. The number of hydrogen-bond donors (Lipinski definition) is 1. The minimum atomic E-state index is -1.25. The molecular formula is C14H16BrNO3S. The van der Waals surface area contributed by atoms with Gasteiger partial charge in [0.2, 0.25) is 0 Å². The minimum Gasteiger partial charge on any atom is -0.478 e. The predicted octanol–water partition coefficient (Wildman–Crippen LogP) is 3.58. The summed E-state index contributed by atoms with van der Waals surface area (Å²) in [5.74, 6) is -0.632. The molecule has 0 bridgehead atoms. The molecule has 1 aromatic rings. The number of nitrogens with zero attached hydrogens (tertiary/aromatic N) is 1. The number of halogens is 1. The number of aromatic carboxylic acids is 1. The van der Waals surface area contributed by atoms with Crippen LogP contribution in [-0.2, 0) is 10.8 Å². The lowest BCUT2D eigenvalue weighted by Crippen LogP contribution is -2.10. The van der Waals surface area contributed by atoms with Crippen LogP contribution in [0.5, 0.6) is 0 Å². The average molecular weight is 358 g/mol. The van der Waals surface area contributed by atoms with Gasteiger partial charge in [-0.3, -0.25) is 4.21 Å². The molecule has 0 aliphatic rings. The highest BCUT2D eigenvalue weighted by Crippen LogP contribution is 2.23. The zero-order chi connectivity index (χ0) is 15.3. The minimum absolute atomic E-state index is 0.105. The number of rotatable bonds is 6. The Morgan fingerprint density at radius 3 is 2.70 bits per heavy atom. The third-order valence-electron chi connectivity index (χ3n) is 2.87. The lowest BCUT2D eigenvalue weighted by Gasteiger charge is -2.14. The van der Waals surface area contributed by atoms with Gasteiger partial charge in [-0.25, -0.2) is 4.79 Å². The van der Waals surface area contributed by atoms with Gasteiger partial charge in [0.25, 0.3) is 0 Å². The Morgan fingerprint density at radius 1 is 1.50 bits per heavy atom. The highest BCUT2D eigenvalue weighted by Gasteiger charge is 2.17. The molecule has 1 atom stereocenters. The first-order valence-corrected chi connectivity index (χ1v) is 8.20. The SMILES string of the molecule is CC(C)(C#N)CCCS(=O)c1ccc(Br)c(C(=O)O)c1. The van der Waals surface area contributed by atoms with Crippen molar-refractivity contribution in [1.82, 2.24) is 0 Å². The Morgan fingerprint density at radius 2 is 2.15 bits per heavy atom. The first-order valence-electron chi connectivity index (χ1n) is 6.09. The van der Waals surface area contributed by atoms with Gasteiger partial charge in [0.15, 0.2) is 0 Å². The summed E-state index contributed by atoms with van der Waals surface area (Å²) in [4.78, 5) is 11.5. The summed E-state index contributed by atoms with van der Waals surface area (Å²) >= 11 is 3.15. The highest BCUT2D eigenvalue weighted by molar-refractivity contribution is 9.10. The van der Waals surface area contributed by atoms with E-state index in [1.54, 1.807) is 12.1 Å². The van der Waals surface area contributed by atoms with Crippen molar-refractivity contribution in [2.45, 2.75) is 31.6 Å². The summed E-state index contributed by atoms with van der Waals surface area (Å²) in [6, 6.07) is 6.88. The molecular weight excluding hydrogens is 342 g/mol. The van der Waals surface area contributed by atoms with E-state index in [1.165, 1.54) is 6.07 Å². The first-order chi connectivity index (χ1) is 9.26. The molecule has 1 unspecified atom stereocenters. The van der Waals surface area contributed by atoms with Gasteiger partial charge in [0.1, 0.15) is 0 Å². The number of carboxylic acid groups (broad SMARTS) is 1. The van der Waals surface area contributed by atoms with Crippen LogP contribution in [0.25, 0.3) is 0 Å². The van der Waals surface area contributed by atoms with Gasteiger partial charge in [-0.05, 0) is 60.8 Å². The van der Waals surface area contributed by atoms with E-state index in [4.69, 9.17) is 10.4 Å². The normalized spacial score (nSPS) is 12.7. The molecule has 0 heterocycles.